The van der Waals surface area contributed by atoms with Crippen molar-refractivity contribution in [2.75, 3.05) is 13.2 Å². The number of hydrogen-bond donors (Lipinski definition) is 6. The van der Waals surface area contributed by atoms with Crippen molar-refractivity contribution in [2.24, 2.45) is 0 Å². The third-order valence-corrected chi connectivity index (χ3v) is 3.97. The van der Waals surface area contributed by atoms with Crippen molar-refractivity contribution >= 4 is 17.8 Å². The zero-order valence-corrected chi connectivity index (χ0v) is 15.8. The highest BCUT2D eigenvalue weighted by Gasteiger charge is 2.54. The van der Waals surface area contributed by atoms with E-state index >= 15 is 0 Å². The van der Waals surface area contributed by atoms with Crippen LogP contribution in [0.1, 0.15) is 27.2 Å². The second-order valence-electron chi connectivity index (χ2n) is 6.69. The Balaban J connectivity index is 3.12. The van der Waals surface area contributed by atoms with Crippen molar-refractivity contribution in [2.45, 2.75) is 69.5 Å². The average Bonchev–Trinajstić information content (AvgIpc) is 2.54. The van der Waals surface area contributed by atoms with E-state index < -0.39 is 73.2 Å². The Kier molecular flexibility index (Phi) is 8.73. The molecule has 7 atom stereocenters. The number of esters is 1. The summed E-state index contributed by atoms with van der Waals surface area (Å²) in [6.07, 6.45) is -8.06. The predicted molar refractivity (Wildman–Crippen MR) is 89.7 cm³/mol. The second-order valence-corrected chi connectivity index (χ2v) is 6.69. The van der Waals surface area contributed by atoms with Crippen molar-refractivity contribution in [3.63, 3.8) is 0 Å². The van der Waals surface area contributed by atoms with E-state index in [0.717, 1.165) is 13.8 Å². The van der Waals surface area contributed by atoms with Crippen LogP contribution in [0.25, 0.3) is 0 Å². The molecule has 0 aromatic rings. The van der Waals surface area contributed by atoms with Crippen LogP contribution in [-0.4, -0.2) is 98.9 Å². The van der Waals surface area contributed by atoms with Gasteiger partial charge in [0, 0.05) is 20.3 Å². The van der Waals surface area contributed by atoms with Gasteiger partial charge in [-0.05, 0) is 6.92 Å². The van der Waals surface area contributed by atoms with Gasteiger partial charge >= 0.3 is 11.9 Å². The van der Waals surface area contributed by atoms with Gasteiger partial charge in [-0.15, -0.1) is 0 Å². The Labute approximate surface area is 161 Å². The third kappa shape index (κ3) is 6.65. The maximum atomic E-state index is 11.4. The summed E-state index contributed by atoms with van der Waals surface area (Å²) in [5, 5.41) is 51.8. The fraction of sp³-hybridized carbons (Fsp3) is 0.812. The van der Waals surface area contributed by atoms with Gasteiger partial charge in [-0.1, -0.05) is 0 Å². The summed E-state index contributed by atoms with van der Waals surface area (Å²) < 4.78 is 15.2. The number of nitrogens with one attached hydrogen (secondary N) is 1. The van der Waals surface area contributed by atoms with Crippen LogP contribution in [0.2, 0.25) is 0 Å². The van der Waals surface area contributed by atoms with Crippen LogP contribution in [0.15, 0.2) is 0 Å². The van der Waals surface area contributed by atoms with Gasteiger partial charge in [0.2, 0.25) is 5.91 Å². The van der Waals surface area contributed by atoms with Crippen LogP contribution in [0.3, 0.4) is 0 Å². The molecule has 162 valence electrons. The summed E-state index contributed by atoms with van der Waals surface area (Å²) >= 11 is 0. The Hall–Kier alpha value is -1.83. The summed E-state index contributed by atoms with van der Waals surface area (Å²) in [5.41, 5.74) is 0. The van der Waals surface area contributed by atoms with Gasteiger partial charge < -0.3 is 45.1 Å². The van der Waals surface area contributed by atoms with Crippen molar-refractivity contribution in [3.05, 3.63) is 0 Å². The van der Waals surface area contributed by atoms with Gasteiger partial charge in [0.15, 0.2) is 6.10 Å². The monoisotopic (exact) mass is 409 g/mol. The number of amides is 1. The van der Waals surface area contributed by atoms with Crippen molar-refractivity contribution < 1.29 is 54.1 Å². The number of rotatable bonds is 9. The van der Waals surface area contributed by atoms with Crippen molar-refractivity contribution in [3.8, 4) is 0 Å². The van der Waals surface area contributed by atoms with E-state index in [2.05, 4.69) is 5.32 Å². The van der Waals surface area contributed by atoms with Gasteiger partial charge in [-0.3, -0.25) is 9.59 Å². The van der Waals surface area contributed by atoms with Crippen LogP contribution in [0, 0.1) is 0 Å². The Morgan fingerprint density at radius 3 is 2.32 bits per heavy atom. The molecule has 0 bridgehead atoms. The number of carboxylic acid groups (broad SMARTS) is 1. The largest absolute Gasteiger partial charge is 0.477 e. The fourth-order valence-corrected chi connectivity index (χ4v) is 2.79. The van der Waals surface area contributed by atoms with E-state index in [0.29, 0.717) is 0 Å². The molecule has 1 aliphatic heterocycles. The smallest absolute Gasteiger partial charge is 0.364 e. The number of carbonyl (C=O) groups is 3. The van der Waals surface area contributed by atoms with E-state index in [-0.39, 0.29) is 6.61 Å². The summed E-state index contributed by atoms with van der Waals surface area (Å²) in [6.45, 7) is 3.08. The number of aliphatic hydroxyl groups excluding tert-OH is 3. The molecule has 4 unspecified atom stereocenters. The lowest BCUT2D eigenvalue weighted by molar-refractivity contribution is -0.295. The lowest BCUT2D eigenvalue weighted by Crippen LogP contribution is -2.67. The van der Waals surface area contributed by atoms with E-state index in [9.17, 15) is 39.9 Å². The van der Waals surface area contributed by atoms with Crippen LogP contribution in [0.5, 0.6) is 0 Å². The number of aliphatic carboxylic acids is 1. The van der Waals surface area contributed by atoms with Gasteiger partial charge in [0.25, 0.3) is 5.79 Å². The Morgan fingerprint density at radius 2 is 1.86 bits per heavy atom. The third-order valence-electron chi connectivity index (χ3n) is 3.97. The minimum absolute atomic E-state index is 0.146. The zero-order valence-electron chi connectivity index (χ0n) is 15.8. The minimum Gasteiger partial charge on any atom is -0.477 e. The highest BCUT2D eigenvalue weighted by Crippen LogP contribution is 2.31. The Bertz CT molecular complexity index is 569. The van der Waals surface area contributed by atoms with E-state index in [1.54, 1.807) is 0 Å². The topological polar surface area (TPSA) is 192 Å². The molecule has 0 spiro atoms. The first kappa shape index (κ1) is 24.2. The molecule has 1 saturated heterocycles. The molecule has 1 amide bonds. The first-order valence-corrected chi connectivity index (χ1v) is 8.57. The number of aliphatic hydroxyl groups is 4. The molecule has 0 radical (unpaired) electrons. The van der Waals surface area contributed by atoms with Crippen LogP contribution < -0.4 is 5.32 Å². The van der Waals surface area contributed by atoms with Gasteiger partial charge in [-0.2, -0.15) is 0 Å². The highest BCUT2D eigenvalue weighted by molar-refractivity contribution is 5.76. The van der Waals surface area contributed by atoms with Crippen molar-refractivity contribution in [1.29, 1.82) is 0 Å². The highest BCUT2D eigenvalue weighted by atomic mass is 16.7. The zero-order chi connectivity index (χ0) is 21.6. The Morgan fingerprint density at radius 1 is 1.25 bits per heavy atom. The molecule has 6 N–H and O–H groups in total. The molecule has 0 aromatic carbocycles. The van der Waals surface area contributed by atoms with Gasteiger partial charge in [-0.25, -0.2) is 4.79 Å². The molecule has 12 nitrogen and oxygen atoms in total. The lowest BCUT2D eigenvalue weighted by Gasteiger charge is -2.45. The maximum Gasteiger partial charge on any atom is 0.364 e. The molecule has 12 heteroatoms. The molecule has 28 heavy (non-hydrogen) atoms. The molecule has 1 heterocycles. The molecule has 0 saturated carbocycles. The summed E-state index contributed by atoms with van der Waals surface area (Å²) in [5.74, 6) is -6.05. The first-order chi connectivity index (χ1) is 12.9. The second kappa shape index (κ2) is 10.1. The molecule has 0 aliphatic carbocycles. The van der Waals surface area contributed by atoms with Gasteiger partial charge in [0.1, 0.15) is 12.2 Å². The molecular weight excluding hydrogens is 382 g/mol. The molecular formula is C16H27NO11. The van der Waals surface area contributed by atoms with Crippen LogP contribution in [-0.2, 0) is 28.6 Å². The fourth-order valence-electron chi connectivity index (χ4n) is 2.79. The number of hydrogen-bond acceptors (Lipinski definition) is 10. The average molecular weight is 409 g/mol. The van der Waals surface area contributed by atoms with Gasteiger partial charge in [0.05, 0.1) is 31.5 Å². The minimum atomic E-state index is -2.83. The van der Waals surface area contributed by atoms with Crippen molar-refractivity contribution in [1.82, 2.24) is 5.32 Å². The maximum absolute atomic E-state index is 11.4. The van der Waals surface area contributed by atoms with Crippen LogP contribution >= 0.6 is 0 Å². The lowest BCUT2D eigenvalue weighted by atomic mass is 9.88. The summed E-state index contributed by atoms with van der Waals surface area (Å²) in [6, 6.07) is -1.30. The number of carbonyl (C=O) groups excluding carboxylic acids is 2. The van der Waals surface area contributed by atoms with Crippen LogP contribution in [0.4, 0.5) is 0 Å². The number of ether oxygens (including phenoxy) is 3. The number of carboxylic acids is 1. The summed E-state index contributed by atoms with van der Waals surface area (Å²) in [4.78, 5) is 34.1. The molecule has 1 rings (SSSR count). The molecule has 1 aliphatic rings. The standard InChI is InChI=1S/C16H27NO11/c1-7(18)5-26-6-11(27-9(3)20)13(22)14-12(17-8(2)19)10(21)4-16(25,28-14)15(23)24/h7,10-14,18,21-22,25H,4-6H2,1-3H3,(H,17,19)(H,23,24)/t7?,10-,11?,12+,13?,14+,16?/m0/s1. The summed E-state index contributed by atoms with van der Waals surface area (Å²) in [7, 11) is 0. The SMILES string of the molecule is CC(=O)N[C@@H]1[C@@H](O)CC(O)(C(=O)O)O[C@H]1C(O)C(COCC(C)O)OC(C)=O. The van der Waals surface area contributed by atoms with E-state index in [4.69, 9.17) is 14.2 Å². The predicted octanol–water partition coefficient (Wildman–Crippen LogP) is -2.90. The van der Waals surface area contributed by atoms with E-state index in [1.165, 1.54) is 6.92 Å². The molecule has 0 aromatic heterocycles. The normalized spacial score (nSPS) is 30.8. The molecule has 1 fully saturated rings. The van der Waals surface area contributed by atoms with E-state index in [1.807, 2.05) is 0 Å². The first-order valence-electron chi connectivity index (χ1n) is 8.57. The quantitative estimate of drug-likeness (QED) is 0.214.